The minimum atomic E-state index is -1.14. The molecule has 0 aromatic rings. The molecular formula is C50H81NO7. The molecule has 0 amide bonds. The van der Waals surface area contributed by atoms with E-state index in [0.717, 1.165) is 89.9 Å². The lowest BCUT2D eigenvalue weighted by atomic mass is 10.1. The van der Waals surface area contributed by atoms with E-state index in [0.29, 0.717) is 6.42 Å². The van der Waals surface area contributed by atoms with Crippen molar-refractivity contribution >= 4 is 17.9 Å². The highest BCUT2D eigenvalue weighted by molar-refractivity contribution is 5.70. The van der Waals surface area contributed by atoms with Gasteiger partial charge in [-0.2, -0.15) is 0 Å². The first-order chi connectivity index (χ1) is 28.1. The van der Waals surface area contributed by atoms with Crippen LogP contribution in [0.15, 0.2) is 97.2 Å². The topological polar surface area (TPSA) is 102 Å². The molecule has 58 heavy (non-hydrogen) atoms. The average molecular weight is 808 g/mol. The number of esters is 2. The number of quaternary nitrogens is 1. The predicted molar refractivity (Wildman–Crippen MR) is 240 cm³/mol. The summed E-state index contributed by atoms with van der Waals surface area (Å²) in [4.78, 5) is 36.8. The van der Waals surface area contributed by atoms with Gasteiger partial charge in [0.1, 0.15) is 12.6 Å². The highest BCUT2D eigenvalue weighted by atomic mass is 16.6. The van der Waals surface area contributed by atoms with Crippen LogP contribution >= 0.6 is 0 Å². The summed E-state index contributed by atoms with van der Waals surface area (Å²) in [6.45, 7) is 4.40. The summed E-state index contributed by atoms with van der Waals surface area (Å²) >= 11 is 0. The molecule has 0 fully saturated rings. The van der Waals surface area contributed by atoms with Crippen molar-refractivity contribution in [3.05, 3.63) is 97.2 Å². The van der Waals surface area contributed by atoms with Crippen LogP contribution in [-0.4, -0.2) is 75.5 Å². The van der Waals surface area contributed by atoms with Gasteiger partial charge in [-0.15, -0.1) is 0 Å². The zero-order valence-electron chi connectivity index (χ0n) is 37.2. The summed E-state index contributed by atoms with van der Waals surface area (Å²) in [5.74, 6) is -1.83. The largest absolute Gasteiger partial charge is 0.544 e. The number of nitrogens with zero attached hydrogens (tertiary/aromatic N) is 1. The van der Waals surface area contributed by atoms with E-state index in [4.69, 9.17) is 14.2 Å². The number of ether oxygens (including phenoxy) is 3. The summed E-state index contributed by atoms with van der Waals surface area (Å²) in [7, 11) is 5.37. The van der Waals surface area contributed by atoms with E-state index in [2.05, 4.69) is 74.6 Å². The lowest BCUT2D eigenvalue weighted by Gasteiger charge is -2.34. The fourth-order valence-electron chi connectivity index (χ4n) is 5.83. The molecule has 0 rings (SSSR count). The number of unbranched alkanes of at least 4 members (excludes halogenated alkanes) is 11. The van der Waals surface area contributed by atoms with Crippen LogP contribution < -0.4 is 5.11 Å². The standard InChI is InChI=1S/C50H81NO7/c1-6-8-10-12-14-16-18-20-21-22-23-24-25-26-27-29-31-33-35-37-39-41-49(53)58-46(44-56-43-42-47(50(54)55)51(3,4)5)45-57-48(52)40-38-36-34-32-30-28-19-17-15-13-11-9-7-2/h9,11,13-17,19-21,23-24,26-28,30,46-47H,6-8,10,12,18,22,25,29,31-45H2,1-5H3/b11-9+,15-13+,16-14+,19-17+,21-20+,24-23+,27-26+,30-28+. The Labute approximate surface area is 354 Å². The third-order valence-corrected chi connectivity index (χ3v) is 9.30. The number of aliphatic carboxylic acids is 1. The van der Waals surface area contributed by atoms with Crippen molar-refractivity contribution in [2.24, 2.45) is 0 Å². The summed E-state index contributed by atoms with van der Waals surface area (Å²) in [6, 6.07) is -0.741. The Morgan fingerprint density at radius 3 is 1.60 bits per heavy atom. The Morgan fingerprint density at radius 1 is 0.552 bits per heavy atom. The average Bonchev–Trinajstić information content (AvgIpc) is 3.18. The van der Waals surface area contributed by atoms with E-state index in [1.165, 1.54) is 25.7 Å². The van der Waals surface area contributed by atoms with Crippen molar-refractivity contribution in [2.75, 3.05) is 41.0 Å². The van der Waals surface area contributed by atoms with Crippen LogP contribution in [0.25, 0.3) is 0 Å². The van der Waals surface area contributed by atoms with Crippen LogP contribution in [0.2, 0.25) is 0 Å². The van der Waals surface area contributed by atoms with Gasteiger partial charge >= 0.3 is 11.9 Å². The number of hydrogen-bond donors (Lipinski definition) is 0. The lowest BCUT2D eigenvalue weighted by molar-refractivity contribution is -0.889. The first-order valence-corrected chi connectivity index (χ1v) is 22.3. The maximum absolute atomic E-state index is 12.7. The fraction of sp³-hybridized carbons (Fsp3) is 0.620. The number of carboxylic acid groups (broad SMARTS) is 1. The van der Waals surface area contributed by atoms with Gasteiger partial charge in [0.2, 0.25) is 0 Å². The van der Waals surface area contributed by atoms with Gasteiger partial charge in [0.15, 0.2) is 6.10 Å². The van der Waals surface area contributed by atoms with E-state index >= 15 is 0 Å². The second kappa shape index (κ2) is 40.0. The van der Waals surface area contributed by atoms with Crippen molar-refractivity contribution in [3.63, 3.8) is 0 Å². The second-order valence-corrected chi connectivity index (χ2v) is 15.6. The molecule has 0 radical (unpaired) electrons. The molecule has 2 unspecified atom stereocenters. The number of hydrogen-bond acceptors (Lipinski definition) is 7. The van der Waals surface area contributed by atoms with Gasteiger partial charge in [-0.05, 0) is 77.0 Å². The molecule has 0 aromatic carbocycles. The molecule has 8 nitrogen and oxygen atoms in total. The molecule has 0 spiro atoms. The maximum atomic E-state index is 12.7. The van der Waals surface area contributed by atoms with E-state index in [9.17, 15) is 19.5 Å². The monoisotopic (exact) mass is 808 g/mol. The number of likely N-dealkylation sites (N-methyl/N-ethyl adjacent to an activating group) is 1. The predicted octanol–water partition coefficient (Wildman–Crippen LogP) is 11.0. The maximum Gasteiger partial charge on any atom is 0.306 e. The van der Waals surface area contributed by atoms with Crippen molar-refractivity contribution in [2.45, 2.75) is 161 Å². The van der Waals surface area contributed by atoms with Gasteiger partial charge in [-0.1, -0.05) is 150 Å². The molecule has 328 valence electrons. The summed E-state index contributed by atoms with van der Waals surface area (Å²) in [5, 5.41) is 11.6. The molecule has 0 N–H and O–H groups in total. The molecule has 0 saturated heterocycles. The van der Waals surface area contributed by atoms with Gasteiger partial charge in [0.05, 0.1) is 40.3 Å². The smallest absolute Gasteiger partial charge is 0.306 e. The molecule has 0 aliphatic heterocycles. The van der Waals surface area contributed by atoms with Gasteiger partial charge in [0.25, 0.3) is 0 Å². The zero-order valence-corrected chi connectivity index (χ0v) is 37.2. The van der Waals surface area contributed by atoms with E-state index in [-0.39, 0.29) is 49.1 Å². The Morgan fingerprint density at radius 2 is 1.03 bits per heavy atom. The summed E-state index contributed by atoms with van der Waals surface area (Å²) in [5.41, 5.74) is 0. The molecular weight excluding hydrogens is 727 g/mol. The van der Waals surface area contributed by atoms with E-state index < -0.39 is 18.1 Å². The van der Waals surface area contributed by atoms with E-state index in [1.807, 2.05) is 36.5 Å². The highest BCUT2D eigenvalue weighted by Crippen LogP contribution is 2.12. The Kier molecular flexibility index (Phi) is 37.5. The third-order valence-electron chi connectivity index (χ3n) is 9.30. The zero-order chi connectivity index (χ0) is 42.8. The molecule has 8 heteroatoms. The Hall–Kier alpha value is -3.75. The van der Waals surface area contributed by atoms with Crippen molar-refractivity contribution in [3.8, 4) is 0 Å². The number of rotatable bonds is 38. The lowest BCUT2D eigenvalue weighted by Crippen LogP contribution is -2.55. The van der Waals surface area contributed by atoms with Crippen LogP contribution in [0.1, 0.15) is 149 Å². The van der Waals surface area contributed by atoms with Crippen molar-refractivity contribution < 1.29 is 38.2 Å². The molecule has 0 heterocycles. The highest BCUT2D eigenvalue weighted by Gasteiger charge is 2.25. The minimum absolute atomic E-state index is 0.0133. The number of carbonyl (C=O) groups excluding carboxylic acids is 3. The summed E-state index contributed by atoms with van der Waals surface area (Å²) < 4.78 is 17.1. The normalized spacial score (nSPS) is 13.9. The summed E-state index contributed by atoms with van der Waals surface area (Å²) in [6.07, 6.45) is 52.9. The molecule has 2 atom stereocenters. The first kappa shape index (κ1) is 54.2. The van der Waals surface area contributed by atoms with E-state index in [1.54, 1.807) is 21.1 Å². The molecule has 0 saturated carbocycles. The molecule has 0 bridgehead atoms. The van der Waals surface area contributed by atoms with Crippen LogP contribution in [-0.2, 0) is 28.6 Å². The van der Waals surface area contributed by atoms with Gasteiger partial charge in [-0.25, -0.2) is 0 Å². The first-order valence-electron chi connectivity index (χ1n) is 22.3. The van der Waals surface area contributed by atoms with Crippen molar-refractivity contribution in [1.29, 1.82) is 0 Å². The SMILES string of the molecule is CC/C=C/C=C/C=C/C=C/CCCCCC(=O)OCC(COCCC(C(=O)[O-])[N+](C)(C)C)OC(=O)CCCCCCC/C=C/C/C=C/C/C=C/C/C=C/CCCCC. The molecule has 0 aliphatic carbocycles. The molecule has 0 aliphatic rings. The van der Waals surface area contributed by atoms with Gasteiger partial charge in [-0.3, -0.25) is 9.59 Å². The number of carbonyl (C=O) groups is 3. The van der Waals surface area contributed by atoms with Gasteiger partial charge in [0, 0.05) is 19.3 Å². The quantitative estimate of drug-likeness (QED) is 0.0201. The van der Waals surface area contributed by atoms with Crippen LogP contribution in [0.4, 0.5) is 0 Å². The number of allylic oxidation sites excluding steroid dienone is 16. The third kappa shape index (κ3) is 37.8. The second-order valence-electron chi connectivity index (χ2n) is 15.6. The van der Waals surface area contributed by atoms with Crippen LogP contribution in [0.3, 0.4) is 0 Å². The van der Waals surface area contributed by atoms with Crippen LogP contribution in [0, 0.1) is 0 Å². The van der Waals surface area contributed by atoms with Crippen molar-refractivity contribution in [1.82, 2.24) is 0 Å². The Balaban J connectivity index is 4.43. The fourth-order valence-corrected chi connectivity index (χ4v) is 5.83. The van der Waals surface area contributed by atoms with Crippen LogP contribution in [0.5, 0.6) is 0 Å². The number of carboxylic acids is 1. The Bertz CT molecular complexity index is 1260. The molecule has 0 aromatic heterocycles. The minimum Gasteiger partial charge on any atom is -0.544 e. The van der Waals surface area contributed by atoms with Gasteiger partial charge < -0.3 is 28.6 Å².